The highest BCUT2D eigenvalue weighted by Gasteiger charge is 2.31. The van der Waals surface area contributed by atoms with E-state index < -0.39 is 5.97 Å². The van der Waals surface area contributed by atoms with Crippen LogP contribution in [0.25, 0.3) is 0 Å². The first kappa shape index (κ1) is 17.2. The zero-order chi connectivity index (χ0) is 14.7. The molecule has 0 bridgehead atoms. The normalized spacial score (nSPS) is 17.6. The van der Waals surface area contributed by atoms with Gasteiger partial charge >= 0.3 is 5.97 Å². The Kier molecular flexibility index (Phi) is 8.54. The lowest BCUT2D eigenvalue weighted by atomic mass is 9.81. The molecule has 20 heavy (non-hydrogen) atoms. The Labute approximate surface area is 122 Å². The van der Waals surface area contributed by atoms with E-state index in [-0.39, 0.29) is 5.60 Å². The first-order valence-corrected chi connectivity index (χ1v) is 7.73. The number of hydrogen-bond acceptors (Lipinski definition) is 4. The third-order valence-electron chi connectivity index (χ3n) is 3.78. The summed E-state index contributed by atoms with van der Waals surface area (Å²) in [7, 11) is 0. The molecule has 1 aliphatic carbocycles. The van der Waals surface area contributed by atoms with Crippen LogP contribution in [0.3, 0.4) is 0 Å². The van der Waals surface area contributed by atoms with Crippen LogP contribution in [0.1, 0.15) is 51.9 Å². The molecule has 0 aliphatic heterocycles. The molecule has 1 fully saturated rings. The Bertz CT molecular complexity index is 277. The monoisotopic (exact) mass is 284 g/mol. The molecule has 1 rings (SSSR count). The molecule has 0 N–H and O–H groups in total. The predicted molar refractivity (Wildman–Crippen MR) is 78.7 cm³/mol. The molecular weight excluding hydrogens is 256 g/mol. The fraction of sp³-hybridized carbons (Fsp3) is 0.812. The topological polar surface area (TPSA) is 44.8 Å². The molecular formula is C16H28O4. The van der Waals surface area contributed by atoms with Gasteiger partial charge in [-0.2, -0.15) is 0 Å². The molecule has 0 aromatic carbocycles. The van der Waals surface area contributed by atoms with Crippen LogP contribution in [-0.2, 0) is 19.0 Å². The fourth-order valence-electron chi connectivity index (χ4n) is 2.83. The summed E-state index contributed by atoms with van der Waals surface area (Å²) in [5, 5.41) is 0. The average molecular weight is 284 g/mol. The van der Waals surface area contributed by atoms with Gasteiger partial charge in [0.15, 0.2) is 0 Å². The van der Waals surface area contributed by atoms with Crippen LogP contribution in [0.5, 0.6) is 0 Å². The van der Waals surface area contributed by atoms with Gasteiger partial charge in [-0.15, -0.1) is 0 Å². The lowest BCUT2D eigenvalue weighted by molar-refractivity contribution is -0.139. The summed E-state index contributed by atoms with van der Waals surface area (Å²) in [6.45, 7) is 7.63. The van der Waals surface area contributed by atoms with Gasteiger partial charge in [0.2, 0.25) is 0 Å². The van der Waals surface area contributed by atoms with Gasteiger partial charge in [0.05, 0.1) is 12.2 Å². The van der Waals surface area contributed by atoms with Crippen molar-refractivity contribution in [3.63, 3.8) is 0 Å². The highest BCUT2D eigenvalue weighted by atomic mass is 16.6. The largest absolute Gasteiger partial charge is 0.460 e. The van der Waals surface area contributed by atoms with Crippen LogP contribution in [0.15, 0.2) is 12.7 Å². The van der Waals surface area contributed by atoms with E-state index in [1.165, 1.54) is 32.1 Å². The molecule has 0 heterocycles. The number of carbonyl (C=O) groups excluding carboxylic acids is 1. The molecule has 0 aromatic rings. The van der Waals surface area contributed by atoms with Crippen molar-refractivity contribution in [3.05, 3.63) is 12.7 Å². The van der Waals surface area contributed by atoms with E-state index in [0.29, 0.717) is 19.8 Å². The van der Waals surface area contributed by atoms with Crippen LogP contribution in [0.4, 0.5) is 0 Å². The highest BCUT2D eigenvalue weighted by molar-refractivity contribution is 5.81. The van der Waals surface area contributed by atoms with Crippen molar-refractivity contribution in [2.45, 2.75) is 57.5 Å². The van der Waals surface area contributed by atoms with E-state index in [0.717, 1.165) is 25.5 Å². The molecule has 116 valence electrons. The molecule has 0 aromatic heterocycles. The Morgan fingerprint density at radius 2 is 1.95 bits per heavy atom. The molecule has 0 saturated heterocycles. The minimum absolute atomic E-state index is 0.0890. The van der Waals surface area contributed by atoms with Crippen LogP contribution < -0.4 is 0 Å². The van der Waals surface area contributed by atoms with Crippen LogP contribution >= 0.6 is 0 Å². The lowest BCUT2D eigenvalue weighted by Gasteiger charge is -2.37. The maximum absolute atomic E-state index is 10.8. The van der Waals surface area contributed by atoms with Gasteiger partial charge in [0, 0.05) is 19.3 Å². The van der Waals surface area contributed by atoms with Crippen LogP contribution in [0.2, 0.25) is 0 Å². The van der Waals surface area contributed by atoms with Crippen molar-refractivity contribution >= 4 is 5.97 Å². The second kappa shape index (κ2) is 9.94. The van der Waals surface area contributed by atoms with Gasteiger partial charge < -0.3 is 14.2 Å². The van der Waals surface area contributed by atoms with Crippen molar-refractivity contribution in [2.24, 2.45) is 0 Å². The number of esters is 1. The third-order valence-corrected chi connectivity index (χ3v) is 3.78. The Hall–Kier alpha value is -0.870. The molecule has 4 nitrogen and oxygen atoms in total. The minimum atomic E-state index is -0.397. The minimum Gasteiger partial charge on any atom is -0.460 e. The molecule has 0 atom stereocenters. The SMILES string of the molecule is C=CC(=O)OCCOCCCC1(OCC)CCCCC1. The van der Waals surface area contributed by atoms with Gasteiger partial charge in [-0.3, -0.25) is 0 Å². The maximum atomic E-state index is 10.8. The summed E-state index contributed by atoms with van der Waals surface area (Å²) in [4.78, 5) is 10.8. The van der Waals surface area contributed by atoms with Gasteiger partial charge in [0.1, 0.15) is 6.61 Å². The van der Waals surface area contributed by atoms with Crippen molar-refractivity contribution in [3.8, 4) is 0 Å². The smallest absolute Gasteiger partial charge is 0.330 e. The standard InChI is InChI=1S/C16H28O4/c1-3-15(17)19-14-13-18-12-8-11-16(20-4-2)9-6-5-7-10-16/h3H,1,4-14H2,2H3. The molecule has 1 saturated carbocycles. The summed E-state index contributed by atoms with van der Waals surface area (Å²) >= 11 is 0. The quantitative estimate of drug-likeness (QED) is 0.351. The molecule has 0 radical (unpaired) electrons. The molecule has 0 unspecified atom stereocenters. The van der Waals surface area contributed by atoms with E-state index >= 15 is 0 Å². The van der Waals surface area contributed by atoms with Crippen molar-refractivity contribution in [2.75, 3.05) is 26.4 Å². The van der Waals surface area contributed by atoms with Crippen molar-refractivity contribution < 1.29 is 19.0 Å². The van der Waals surface area contributed by atoms with Gasteiger partial charge in [0.25, 0.3) is 0 Å². The van der Waals surface area contributed by atoms with E-state index in [1.807, 2.05) is 0 Å². The Morgan fingerprint density at radius 1 is 1.20 bits per heavy atom. The highest BCUT2D eigenvalue weighted by Crippen LogP contribution is 2.35. The van der Waals surface area contributed by atoms with Gasteiger partial charge in [-0.25, -0.2) is 4.79 Å². The summed E-state index contributed by atoms with van der Waals surface area (Å²) in [5.74, 6) is -0.397. The van der Waals surface area contributed by atoms with Crippen molar-refractivity contribution in [1.82, 2.24) is 0 Å². The average Bonchev–Trinajstić information content (AvgIpc) is 2.47. The Balaban J connectivity index is 2.08. The van der Waals surface area contributed by atoms with Gasteiger partial charge in [-0.1, -0.05) is 25.8 Å². The number of carbonyl (C=O) groups is 1. The first-order valence-electron chi connectivity index (χ1n) is 7.73. The van der Waals surface area contributed by atoms with Gasteiger partial charge in [-0.05, 0) is 32.6 Å². The van der Waals surface area contributed by atoms with Crippen molar-refractivity contribution in [1.29, 1.82) is 0 Å². The maximum Gasteiger partial charge on any atom is 0.330 e. The Morgan fingerprint density at radius 3 is 2.60 bits per heavy atom. The van der Waals surface area contributed by atoms with Crippen LogP contribution in [0, 0.1) is 0 Å². The molecule has 4 heteroatoms. The molecule has 1 aliphatic rings. The number of hydrogen-bond donors (Lipinski definition) is 0. The molecule has 0 spiro atoms. The lowest BCUT2D eigenvalue weighted by Crippen LogP contribution is -2.35. The second-order valence-electron chi connectivity index (χ2n) is 5.26. The first-order chi connectivity index (χ1) is 9.72. The second-order valence-corrected chi connectivity index (χ2v) is 5.26. The van der Waals surface area contributed by atoms with Crippen LogP contribution in [-0.4, -0.2) is 38.0 Å². The fourth-order valence-corrected chi connectivity index (χ4v) is 2.83. The summed E-state index contributed by atoms with van der Waals surface area (Å²) in [5.41, 5.74) is 0.0890. The number of ether oxygens (including phenoxy) is 3. The zero-order valence-corrected chi connectivity index (χ0v) is 12.7. The van der Waals surface area contributed by atoms with E-state index in [9.17, 15) is 4.79 Å². The number of rotatable bonds is 10. The van der Waals surface area contributed by atoms with E-state index in [4.69, 9.17) is 14.2 Å². The zero-order valence-electron chi connectivity index (χ0n) is 12.7. The summed E-state index contributed by atoms with van der Waals surface area (Å²) < 4.78 is 16.3. The van der Waals surface area contributed by atoms with E-state index in [2.05, 4.69) is 13.5 Å². The summed E-state index contributed by atoms with van der Waals surface area (Å²) in [6, 6.07) is 0. The third kappa shape index (κ3) is 6.53. The molecule has 0 amide bonds. The van der Waals surface area contributed by atoms with E-state index in [1.54, 1.807) is 0 Å². The predicted octanol–water partition coefficient (Wildman–Crippen LogP) is 3.25. The summed E-state index contributed by atoms with van der Waals surface area (Å²) in [6.07, 6.45) is 9.46.